The molecule has 0 aromatic carbocycles. The Morgan fingerprint density at radius 3 is 2.93 bits per heavy atom. The molecule has 0 unspecified atom stereocenters. The van der Waals surface area contributed by atoms with Crippen LogP contribution in [0.5, 0.6) is 0 Å². The maximum atomic E-state index is 4.15. The monoisotopic (exact) mass is 204 g/mol. The third-order valence-corrected chi connectivity index (χ3v) is 2.73. The van der Waals surface area contributed by atoms with Gasteiger partial charge in [0.25, 0.3) is 0 Å². The topological polar surface area (TPSA) is 60.6 Å². The van der Waals surface area contributed by atoms with Crippen LogP contribution in [0.1, 0.15) is 6.04 Å². The molecule has 3 rings (SSSR count). The number of aryl methyl sites for hydroxylation is 1. The summed E-state index contributed by atoms with van der Waals surface area (Å²) in [5, 5.41) is 15.6. The molecule has 0 amide bonds. The van der Waals surface area contributed by atoms with Crippen LogP contribution in [0.3, 0.4) is 0 Å². The van der Waals surface area contributed by atoms with Gasteiger partial charge in [-0.3, -0.25) is 4.68 Å². The molecule has 1 fully saturated rings. The highest BCUT2D eigenvalue weighted by molar-refractivity contribution is 5.51. The van der Waals surface area contributed by atoms with Crippen molar-refractivity contribution in [3.8, 4) is 11.4 Å². The van der Waals surface area contributed by atoms with E-state index in [9.17, 15) is 0 Å². The fourth-order valence-corrected chi connectivity index (χ4v) is 1.66. The summed E-state index contributed by atoms with van der Waals surface area (Å²) in [6.45, 7) is 1.96. The molecule has 0 radical (unpaired) electrons. The summed E-state index contributed by atoms with van der Waals surface area (Å²) in [6.07, 6.45) is 3.74. The van der Waals surface area contributed by atoms with Gasteiger partial charge in [0, 0.05) is 26.3 Å². The van der Waals surface area contributed by atoms with Gasteiger partial charge in [-0.25, -0.2) is 4.68 Å². The molecule has 6 heteroatoms. The van der Waals surface area contributed by atoms with Gasteiger partial charge in [-0.05, 0) is 6.07 Å². The van der Waals surface area contributed by atoms with E-state index >= 15 is 0 Å². The summed E-state index contributed by atoms with van der Waals surface area (Å²) in [5.74, 6) is 0. The molecule has 1 saturated heterocycles. The second-order valence-electron chi connectivity index (χ2n) is 3.74. The van der Waals surface area contributed by atoms with Crippen molar-refractivity contribution < 1.29 is 0 Å². The number of rotatable bonds is 2. The van der Waals surface area contributed by atoms with Crippen molar-refractivity contribution in [1.82, 2.24) is 30.1 Å². The van der Waals surface area contributed by atoms with E-state index < -0.39 is 0 Å². The maximum Gasteiger partial charge on any atom is 0.131 e. The van der Waals surface area contributed by atoms with E-state index in [-0.39, 0.29) is 0 Å². The Morgan fingerprint density at radius 1 is 1.47 bits per heavy atom. The first-order valence-electron chi connectivity index (χ1n) is 4.95. The van der Waals surface area contributed by atoms with E-state index in [0.717, 1.165) is 24.5 Å². The van der Waals surface area contributed by atoms with Gasteiger partial charge in [-0.1, -0.05) is 5.21 Å². The lowest BCUT2D eigenvalue weighted by molar-refractivity contribution is 0.313. The lowest BCUT2D eigenvalue weighted by Crippen LogP contribution is -2.43. The molecule has 1 aliphatic heterocycles. The molecular weight excluding hydrogens is 192 g/mol. The average Bonchev–Trinajstić information content (AvgIpc) is 2.70. The maximum absolute atomic E-state index is 4.15. The SMILES string of the molecule is Cn1nccc1-c1cn(C2CNC2)nn1. The normalized spacial score (nSPS) is 16.6. The van der Waals surface area contributed by atoms with E-state index in [1.54, 1.807) is 10.9 Å². The summed E-state index contributed by atoms with van der Waals surface area (Å²) in [4.78, 5) is 0. The van der Waals surface area contributed by atoms with Gasteiger partial charge < -0.3 is 5.32 Å². The number of nitrogens with zero attached hydrogens (tertiary/aromatic N) is 5. The van der Waals surface area contributed by atoms with Crippen LogP contribution in [0, 0.1) is 0 Å². The van der Waals surface area contributed by atoms with Crippen LogP contribution in [0.4, 0.5) is 0 Å². The van der Waals surface area contributed by atoms with E-state index in [1.807, 2.05) is 24.0 Å². The first kappa shape index (κ1) is 8.60. The quantitative estimate of drug-likeness (QED) is 0.737. The van der Waals surface area contributed by atoms with Crippen LogP contribution >= 0.6 is 0 Å². The zero-order valence-corrected chi connectivity index (χ0v) is 8.46. The molecule has 6 nitrogen and oxygen atoms in total. The fraction of sp³-hybridized carbons (Fsp3) is 0.444. The van der Waals surface area contributed by atoms with Crippen LogP contribution in [0.25, 0.3) is 11.4 Å². The van der Waals surface area contributed by atoms with Gasteiger partial charge in [-0.15, -0.1) is 5.10 Å². The van der Waals surface area contributed by atoms with Gasteiger partial charge in [0.2, 0.25) is 0 Å². The molecule has 78 valence electrons. The number of aromatic nitrogens is 5. The molecule has 0 saturated carbocycles. The van der Waals surface area contributed by atoms with Crippen molar-refractivity contribution in [3.05, 3.63) is 18.5 Å². The molecule has 0 aliphatic carbocycles. The van der Waals surface area contributed by atoms with Gasteiger partial charge >= 0.3 is 0 Å². The van der Waals surface area contributed by atoms with E-state index in [1.165, 1.54) is 0 Å². The average molecular weight is 204 g/mol. The molecule has 3 heterocycles. The third kappa shape index (κ3) is 1.33. The standard InChI is InChI=1S/C9H12N6/c1-14-9(2-3-11-14)8-6-15(13-12-8)7-4-10-5-7/h2-3,6-7,10H,4-5H2,1H3. The largest absolute Gasteiger partial charge is 0.312 e. The van der Waals surface area contributed by atoms with Gasteiger partial charge in [0.05, 0.1) is 17.9 Å². The predicted octanol–water partition coefficient (Wildman–Crippen LogP) is -0.177. The molecular formula is C9H12N6. The molecule has 2 aromatic heterocycles. The first-order chi connectivity index (χ1) is 7.34. The van der Waals surface area contributed by atoms with Crippen LogP contribution in [0.2, 0.25) is 0 Å². The van der Waals surface area contributed by atoms with E-state index in [0.29, 0.717) is 6.04 Å². The first-order valence-corrected chi connectivity index (χ1v) is 4.95. The molecule has 0 spiro atoms. The second kappa shape index (κ2) is 3.16. The fourth-order valence-electron chi connectivity index (χ4n) is 1.66. The second-order valence-corrected chi connectivity index (χ2v) is 3.74. The Hall–Kier alpha value is -1.69. The molecule has 0 bridgehead atoms. The van der Waals surface area contributed by atoms with Crippen LogP contribution in [0.15, 0.2) is 18.5 Å². The lowest BCUT2D eigenvalue weighted by Gasteiger charge is -2.26. The van der Waals surface area contributed by atoms with Gasteiger partial charge in [0.15, 0.2) is 0 Å². The van der Waals surface area contributed by atoms with Crippen molar-refractivity contribution in [2.45, 2.75) is 6.04 Å². The lowest BCUT2D eigenvalue weighted by atomic mass is 10.2. The number of hydrogen-bond acceptors (Lipinski definition) is 4. The van der Waals surface area contributed by atoms with Gasteiger partial charge in [-0.2, -0.15) is 5.10 Å². The van der Waals surface area contributed by atoms with E-state index in [4.69, 9.17) is 0 Å². The Bertz CT molecular complexity index is 466. The summed E-state index contributed by atoms with van der Waals surface area (Å²) in [5.41, 5.74) is 1.87. The van der Waals surface area contributed by atoms with Crippen molar-refractivity contribution in [1.29, 1.82) is 0 Å². The highest BCUT2D eigenvalue weighted by Gasteiger charge is 2.20. The Kier molecular flexibility index (Phi) is 1.81. The zero-order valence-electron chi connectivity index (χ0n) is 8.46. The van der Waals surface area contributed by atoms with E-state index in [2.05, 4.69) is 20.7 Å². The third-order valence-electron chi connectivity index (χ3n) is 2.73. The smallest absolute Gasteiger partial charge is 0.131 e. The van der Waals surface area contributed by atoms with Crippen molar-refractivity contribution in [2.75, 3.05) is 13.1 Å². The zero-order chi connectivity index (χ0) is 10.3. The summed E-state index contributed by atoms with van der Waals surface area (Å²) in [7, 11) is 1.90. The predicted molar refractivity (Wildman–Crippen MR) is 54.1 cm³/mol. The molecule has 1 N–H and O–H groups in total. The molecule has 2 aromatic rings. The molecule has 0 atom stereocenters. The van der Waals surface area contributed by atoms with Crippen molar-refractivity contribution >= 4 is 0 Å². The minimum absolute atomic E-state index is 0.458. The Balaban J connectivity index is 1.93. The number of hydrogen-bond donors (Lipinski definition) is 1. The summed E-state index contributed by atoms with van der Waals surface area (Å²) < 4.78 is 3.71. The highest BCUT2D eigenvalue weighted by Crippen LogP contribution is 2.17. The van der Waals surface area contributed by atoms with Gasteiger partial charge in [0.1, 0.15) is 5.69 Å². The number of nitrogens with one attached hydrogen (secondary N) is 1. The summed E-state index contributed by atoms with van der Waals surface area (Å²) >= 11 is 0. The molecule has 1 aliphatic rings. The Morgan fingerprint density at radius 2 is 2.33 bits per heavy atom. The highest BCUT2D eigenvalue weighted by atomic mass is 15.5. The van der Waals surface area contributed by atoms with Crippen molar-refractivity contribution in [2.24, 2.45) is 7.05 Å². The van der Waals surface area contributed by atoms with Crippen LogP contribution in [-0.2, 0) is 7.05 Å². The Labute approximate surface area is 86.9 Å². The van der Waals surface area contributed by atoms with Crippen LogP contribution in [-0.4, -0.2) is 37.9 Å². The van der Waals surface area contributed by atoms with Crippen LogP contribution < -0.4 is 5.32 Å². The summed E-state index contributed by atoms with van der Waals surface area (Å²) in [6, 6.07) is 2.40. The minimum atomic E-state index is 0.458. The molecule has 15 heavy (non-hydrogen) atoms. The minimum Gasteiger partial charge on any atom is -0.312 e. The van der Waals surface area contributed by atoms with Crippen molar-refractivity contribution in [3.63, 3.8) is 0 Å².